The van der Waals surface area contributed by atoms with E-state index in [0.29, 0.717) is 15.4 Å². The van der Waals surface area contributed by atoms with Crippen LogP contribution in [0.15, 0.2) is 72.8 Å². The van der Waals surface area contributed by atoms with Crippen molar-refractivity contribution in [1.29, 1.82) is 0 Å². The van der Waals surface area contributed by atoms with Crippen molar-refractivity contribution in [2.24, 2.45) is 0 Å². The Kier molecular flexibility index (Phi) is 12.8. The molecular formula is C37H32F3N3O6S3. The van der Waals surface area contributed by atoms with E-state index in [1.807, 2.05) is 69.3 Å². The quantitative estimate of drug-likeness (QED) is 0.144. The van der Waals surface area contributed by atoms with Gasteiger partial charge in [0.25, 0.3) is 0 Å². The number of aromatic nitrogens is 3. The van der Waals surface area contributed by atoms with Crippen LogP contribution < -0.4 is 0 Å². The first-order chi connectivity index (χ1) is 24.5. The monoisotopic (exact) mass is 767 g/mol. The van der Waals surface area contributed by atoms with Crippen molar-refractivity contribution in [3.05, 3.63) is 122 Å². The standard InChI is InChI=1S/C13H13NO2S.C12H8F3NO2S.C12H11NO2S/c1-3-9-4-6-10(7-5-9)12-11(13(15)16)14-8(2)17-12;1-6-16-9(11(17)18)10(19-6)7-2-4-8(5-3-7)12(13,14)15;1-7-4-3-5-9(6-7)11-10(12(14)15)13-8(2)16-11/h4-7H,3H2,1-2H3,(H,15,16);2-5H,1H3,(H,17,18);3-6H,1-2H3,(H,14,15). The van der Waals surface area contributed by atoms with Crippen molar-refractivity contribution < 1.29 is 42.9 Å². The Bertz CT molecular complexity index is 2210. The van der Waals surface area contributed by atoms with Gasteiger partial charge in [0.05, 0.1) is 35.2 Å². The third-order valence-corrected chi connectivity index (χ3v) is 10.2. The zero-order chi connectivity index (χ0) is 38.3. The fourth-order valence-electron chi connectivity index (χ4n) is 4.79. The Labute approximate surface area is 308 Å². The number of benzene rings is 3. The van der Waals surface area contributed by atoms with E-state index < -0.39 is 29.6 Å². The number of hydrogen-bond donors (Lipinski definition) is 3. The second-order valence-corrected chi connectivity index (χ2v) is 14.8. The number of rotatable bonds is 7. The minimum absolute atomic E-state index is 0.137. The largest absolute Gasteiger partial charge is 0.476 e. The highest BCUT2D eigenvalue weighted by atomic mass is 32.1. The Balaban J connectivity index is 0.000000175. The summed E-state index contributed by atoms with van der Waals surface area (Å²) in [5.41, 5.74) is 4.00. The van der Waals surface area contributed by atoms with Gasteiger partial charge in [0.15, 0.2) is 17.1 Å². The highest BCUT2D eigenvalue weighted by Gasteiger charge is 2.30. The number of carboxylic acids is 3. The Morgan fingerprint density at radius 2 is 0.981 bits per heavy atom. The topological polar surface area (TPSA) is 151 Å². The molecule has 0 bridgehead atoms. The molecule has 0 atom stereocenters. The van der Waals surface area contributed by atoms with E-state index in [1.165, 1.54) is 40.4 Å². The van der Waals surface area contributed by atoms with Crippen molar-refractivity contribution >= 4 is 51.9 Å². The van der Waals surface area contributed by atoms with Crippen LogP contribution in [-0.4, -0.2) is 48.2 Å². The number of thiazole rings is 3. The molecule has 0 saturated heterocycles. The van der Waals surface area contributed by atoms with Gasteiger partial charge >= 0.3 is 24.1 Å². The predicted octanol–water partition coefficient (Wildman–Crippen LogP) is 10.3. The maximum atomic E-state index is 12.4. The third-order valence-electron chi connectivity index (χ3n) is 7.19. The number of halogens is 3. The average molecular weight is 768 g/mol. The first-order valence-electron chi connectivity index (χ1n) is 15.4. The summed E-state index contributed by atoms with van der Waals surface area (Å²) in [6.45, 7) is 9.36. The van der Waals surface area contributed by atoms with Crippen molar-refractivity contribution in [1.82, 2.24) is 15.0 Å². The molecule has 0 unspecified atom stereocenters. The number of aromatic carboxylic acids is 3. The average Bonchev–Trinajstić information content (AvgIpc) is 3.81. The zero-order valence-electron chi connectivity index (χ0n) is 28.4. The van der Waals surface area contributed by atoms with Crippen LogP contribution in [0.25, 0.3) is 31.3 Å². The normalized spacial score (nSPS) is 10.8. The molecule has 0 amide bonds. The molecule has 0 aliphatic heterocycles. The summed E-state index contributed by atoms with van der Waals surface area (Å²) in [6.07, 6.45) is -3.43. The van der Waals surface area contributed by atoms with E-state index in [1.54, 1.807) is 6.92 Å². The Morgan fingerprint density at radius 3 is 1.33 bits per heavy atom. The molecule has 270 valence electrons. The molecule has 0 saturated carbocycles. The first-order valence-corrected chi connectivity index (χ1v) is 17.9. The van der Waals surface area contributed by atoms with Gasteiger partial charge in [-0.25, -0.2) is 29.3 Å². The van der Waals surface area contributed by atoms with Gasteiger partial charge in [-0.1, -0.05) is 73.2 Å². The van der Waals surface area contributed by atoms with Gasteiger partial charge in [0.1, 0.15) is 0 Å². The molecule has 3 aromatic carbocycles. The van der Waals surface area contributed by atoms with Crippen LogP contribution in [0.5, 0.6) is 0 Å². The Hall–Kier alpha value is -5.25. The van der Waals surface area contributed by atoms with Crippen LogP contribution in [0, 0.1) is 27.7 Å². The summed E-state index contributed by atoms with van der Waals surface area (Å²) in [5.74, 6) is -3.14. The number of hydrogen-bond acceptors (Lipinski definition) is 9. The summed E-state index contributed by atoms with van der Waals surface area (Å²) < 4.78 is 37.3. The van der Waals surface area contributed by atoms with Gasteiger partial charge in [-0.15, -0.1) is 34.0 Å². The smallest absolute Gasteiger partial charge is 0.416 e. The minimum Gasteiger partial charge on any atom is -0.476 e. The van der Waals surface area contributed by atoms with E-state index in [4.69, 9.17) is 15.3 Å². The summed E-state index contributed by atoms with van der Waals surface area (Å²) in [7, 11) is 0. The van der Waals surface area contributed by atoms with Crippen molar-refractivity contribution in [2.75, 3.05) is 0 Å². The molecule has 6 rings (SSSR count). The van der Waals surface area contributed by atoms with Crippen molar-refractivity contribution in [3.63, 3.8) is 0 Å². The van der Waals surface area contributed by atoms with Crippen LogP contribution in [0.1, 0.15) is 70.1 Å². The maximum absolute atomic E-state index is 12.4. The van der Waals surface area contributed by atoms with E-state index in [0.717, 1.165) is 66.4 Å². The van der Waals surface area contributed by atoms with Crippen LogP contribution in [0.4, 0.5) is 13.2 Å². The lowest BCUT2D eigenvalue weighted by Crippen LogP contribution is -2.04. The second kappa shape index (κ2) is 16.8. The van der Waals surface area contributed by atoms with Gasteiger partial charge in [-0.3, -0.25) is 0 Å². The molecule has 3 aromatic heterocycles. The molecule has 0 aliphatic rings. The lowest BCUT2D eigenvalue weighted by Gasteiger charge is -2.07. The van der Waals surface area contributed by atoms with Gasteiger partial charge in [0, 0.05) is 0 Å². The molecule has 0 aliphatic carbocycles. The van der Waals surface area contributed by atoms with Gasteiger partial charge in [0.2, 0.25) is 0 Å². The number of alkyl halides is 3. The van der Waals surface area contributed by atoms with E-state index in [9.17, 15) is 27.6 Å². The van der Waals surface area contributed by atoms with E-state index >= 15 is 0 Å². The number of carbonyl (C=O) groups is 3. The molecule has 6 aromatic rings. The molecule has 0 fully saturated rings. The third kappa shape index (κ3) is 9.96. The van der Waals surface area contributed by atoms with Crippen LogP contribution >= 0.6 is 34.0 Å². The van der Waals surface area contributed by atoms with Crippen LogP contribution in [0.3, 0.4) is 0 Å². The lowest BCUT2D eigenvalue weighted by molar-refractivity contribution is -0.137. The summed E-state index contributed by atoms with van der Waals surface area (Å²) in [4.78, 5) is 46.9. The molecule has 9 nitrogen and oxygen atoms in total. The summed E-state index contributed by atoms with van der Waals surface area (Å²) >= 11 is 3.97. The zero-order valence-corrected chi connectivity index (χ0v) is 30.9. The van der Waals surface area contributed by atoms with E-state index in [-0.39, 0.29) is 17.1 Å². The van der Waals surface area contributed by atoms with Crippen molar-refractivity contribution in [3.8, 4) is 31.3 Å². The minimum atomic E-state index is -4.40. The van der Waals surface area contributed by atoms with E-state index in [2.05, 4.69) is 21.9 Å². The fourth-order valence-corrected chi connectivity index (χ4v) is 7.53. The molecule has 0 spiro atoms. The van der Waals surface area contributed by atoms with Crippen LogP contribution in [0.2, 0.25) is 0 Å². The molecule has 0 radical (unpaired) electrons. The van der Waals surface area contributed by atoms with Gasteiger partial charge in [-0.05, 0) is 68.5 Å². The summed E-state index contributed by atoms with van der Waals surface area (Å²) in [5, 5.41) is 29.2. The summed E-state index contributed by atoms with van der Waals surface area (Å²) in [6, 6.07) is 20.1. The lowest BCUT2D eigenvalue weighted by atomic mass is 10.1. The number of nitrogens with zero attached hydrogens (tertiary/aromatic N) is 3. The molecule has 3 heterocycles. The van der Waals surface area contributed by atoms with Crippen molar-refractivity contribution in [2.45, 2.75) is 47.2 Å². The van der Waals surface area contributed by atoms with Crippen LogP contribution in [-0.2, 0) is 12.6 Å². The molecular weight excluding hydrogens is 736 g/mol. The molecule has 15 heteroatoms. The highest BCUT2D eigenvalue weighted by Crippen LogP contribution is 2.35. The van der Waals surface area contributed by atoms with Gasteiger partial charge in [-0.2, -0.15) is 13.2 Å². The maximum Gasteiger partial charge on any atom is 0.416 e. The predicted molar refractivity (Wildman–Crippen MR) is 197 cm³/mol. The SMILES string of the molecule is CCc1ccc(-c2sc(C)nc2C(=O)O)cc1.Cc1cccc(-c2sc(C)nc2C(=O)O)c1.Cc1nc(C(=O)O)c(-c2ccc(C(F)(F)F)cc2)s1. The number of carboxylic acid groups (broad SMARTS) is 3. The number of aryl methyl sites for hydroxylation is 5. The second-order valence-electron chi connectivity index (χ2n) is 11.1. The Morgan fingerprint density at radius 1 is 0.596 bits per heavy atom. The van der Waals surface area contributed by atoms with Gasteiger partial charge < -0.3 is 15.3 Å². The molecule has 52 heavy (non-hydrogen) atoms. The molecule has 3 N–H and O–H groups in total. The highest BCUT2D eigenvalue weighted by molar-refractivity contribution is 7.16. The first kappa shape index (κ1) is 39.5. The fraction of sp³-hybridized carbons (Fsp3) is 0.189.